The molecule has 0 bridgehead atoms. The van der Waals surface area contributed by atoms with Gasteiger partial charge in [-0.15, -0.1) is 0 Å². The van der Waals surface area contributed by atoms with Gasteiger partial charge in [0.05, 0.1) is 12.8 Å². The Hall–Kier alpha value is -3.91. The summed E-state index contributed by atoms with van der Waals surface area (Å²) in [6, 6.07) is 21.1. The summed E-state index contributed by atoms with van der Waals surface area (Å²) >= 11 is 0. The minimum absolute atomic E-state index is 0.0110. The van der Waals surface area contributed by atoms with Crippen LogP contribution < -0.4 is 14.4 Å². The van der Waals surface area contributed by atoms with Crippen molar-refractivity contribution in [2.75, 3.05) is 44.8 Å². The van der Waals surface area contributed by atoms with Gasteiger partial charge >= 0.3 is 0 Å². The van der Waals surface area contributed by atoms with Crippen molar-refractivity contribution >= 4 is 17.5 Å². The maximum Gasteiger partial charge on any atom is 0.260 e. The largest absolute Gasteiger partial charge is 0.493 e. The molecule has 1 aromatic heterocycles. The Morgan fingerprint density at radius 1 is 0.868 bits per heavy atom. The van der Waals surface area contributed by atoms with Gasteiger partial charge in [0.2, 0.25) is 5.91 Å². The number of para-hydroxylation sites is 3. The Morgan fingerprint density at radius 2 is 1.58 bits per heavy atom. The van der Waals surface area contributed by atoms with E-state index in [4.69, 9.17) is 9.47 Å². The van der Waals surface area contributed by atoms with Crippen LogP contribution in [0.15, 0.2) is 72.9 Å². The SMILES string of the molecule is COc1ccccc1OCC(=O)N1CCCN(Cc2ccccn2)CCCN(C(C)=O)c2ccccc2C1. The first-order valence-corrected chi connectivity index (χ1v) is 13.1. The molecular weight excluding hydrogens is 480 g/mol. The lowest BCUT2D eigenvalue weighted by Gasteiger charge is -2.31. The highest BCUT2D eigenvalue weighted by molar-refractivity contribution is 5.92. The predicted molar refractivity (Wildman–Crippen MR) is 147 cm³/mol. The highest BCUT2D eigenvalue weighted by atomic mass is 16.5. The number of hydrogen-bond donors (Lipinski definition) is 0. The van der Waals surface area contributed by atoms with Crippen molar-refractivity contribution in [3.05, 3.63) is 84.2 Å². The van der Waals surface area contributed by atoms with E-state index >= 15 is 0 Å². The fraction of sp³-hybridized carbons (Fsp3) is 0.367. The number of methoxy groups -OCH3 is 1. The summed E-state index contributed by atoms with van der Waals surface area (Å²) in [5.74, 6) is 0.987. The molecule has 38 heavy (non-hydrogen) atoms. The Labute approximate surface area is 224 Å². The number of carbonyl (C=O) groups is 2. The van der Waals surface area contributed by atoms with Gasteiger partial charge in [-0.1, -0.05) is 36.4 Å². The summed E-state index contributed by atoms with van der Waals surface area (Å²) in [5.41, 5.74) is 2.80. The van der Waals surface area contributed by atoms with Gasteiger partial charge in [0.15, 0.2) is 18.1 Å². The summed E-state index contributed by atoms with van der Waals surface area (Å²) in [6.07, 6.45) is 3.46. The summed E-state index contributed by atoms with van der Waals surface area (Å²) < 4.78 is 11.2. The number of fused-ring (bicyclic) bond motifs is 1. The molecule has 1 aliphatic heterocycles. The zero-order valence-corrected chi connectivity index (χ0v) is 22.2. The van der Waals surface area contributed by atoms with Crippen molar-refractivity contribution < 1.29 is 19.1 Å². The Bertz CT molecular complexity index is 1200. The van der Waals surface area contributed by atoms with Crippen LogP contribution in [0.3, 0.4) is 0 Å². The summed E-state index contributed by atoms with van der Waals surface area (Å²) in [7, 11) is 1.58. The number of aromatic nitrogens is 1. The molecule has 8 nitrogen and oxygen atoms in total. The second-order valence-electron chi connectivity index (χ2n) is 9.36. The number of anilines is 1. The lowest BCUT2D eigenvalue weighted by molar-refractivity contribution is -0.134. The Kier molecular flexibility index (Phi) is 9.70. The fourth-order valence-electron chi connectivity index (χ4n) is 4.75. The molecule has 0 saturated heterocycles. The first-order valence-electron chi connectivity index (χ1n) is 13.1. The second-order valence-corrected chi connectivity index (χ2v) is 9.36. The summed E-state index contributed by atoms with van der Waals surface area (Å²) in [5, 5.41) is 0. The molecule has 0 radical (unpaired) electrons. The van der Waals surface area contributed by atoms with Crippen molar-refractivity contribution in [1.29, 1.82) is 0 Å². The zero-order chi connectivity index (χ0) is 26.7. The highest BCUT2D eigenvalue weighted by Crippen LogP contribution is 2.27. The zero-order valence-electron chi connectivity index (χ0n) is 22.2. The first-order chi connectivity index (χ1) is 18.5. The Balaban J connectivity index is 1.55. The quantitative estimate of drug-likeness (QED) is 0.490. The van der Waals surface area contributed by atoms with Crippen LogP contribution in [0, 0.1) is 0 Å². The van der Waals surface area contributed by atoms with Crippen molar-refractivity contribution in [3.63, 3.8) is 0 Å². The van der Waals surface area contributed by atoms with E-state index in [1.807, 2.05) is 70.6 Å². The third-order valence-electron chi connectivity index (χ3n) is 6.67. The summed E-state index contributed by atoms with van der Waals surface area (Å²) in [4.78, 5) is 36.6. The standard InChI is InChI=1S/C30H36N4O4/c1-24(35)34-20-10-18-32(22-26-12-7-8-16-31-26)17-9-19-33(21-25-11-3-4-13-27(25)34)30(36)23-38-29-15-6-5-14-28(29)37-2/h3-8,11-16H,9-10,17-23H2,1-2H3. The smallest absolute Gasteiger partial charge is 0.260 e. The van der Waals surface area contributed by atoms with E-state index in [0.717, 1.165) is 49.4 Å². The van der Waals surface area contributed by atoms with Gasteiger partial charge in [0.1, 0.15) is 0 Å². The van der Waals surface area contributed by atoms with Crippen LogP contribution in [0.4, 0.5) is 5.69 Å². The van der Waals surface area contributed by atoms with Crippen molar-refractivity contribution in [2.24, 2.45) is 0 Å². The predicted octanol–water partition coefficient (Wildman–Crippen LogP) is 4.15. The van der Waals surface area contributed by atoms with E-state index in [1.165, 1.54) is 0 Å². The molecule has 0 fully saturated rings. The van der Waals surface area contributed by atoms with E-state index < -0.39 is 0 Å². The van der Waals surface area contributed by atoms with Gasteiger partial charge in [-0.2, -0.15) is 0 Å². The number of amides is 2. The molecule has 3 aromatic rings. The first kappa shape index (κ1) is 27.1. The lowest BCUT2D eigenvalue weighted by atomic mass is 10.1. The Morgan fingerprint density at radius 3 is 2.32 bits per heavy atom. The molecule has 4 rings (SSSR count). The molecule has 1 aliphatic rings. The van der Waals surface area contributed by atoms with E-state index in [-0.39, 0.29) is 18.4 Å². The topological polar surface area (TPSA) is 75.2 Å². The molecule has 2 heterocycles. The van der Waals surface area contributed by atoms with Crippen molar-refractivity contribution in [1.82, 2.24) is 14.8 Å². The van der Waals surface area contributed by atoms with Gasteiger partial charge < -0.3 is 19.3 Å². The van der Waals surface area contributed by atoms with E-state index in [2.05, 4.69) is 9.88 Å². The van der Waals surface area contributed by atoms with Crippen LogP contribution >= 0.6 is 0 Å². The minimum atomic E-state index is -0.117. The van der Waals surface area contributed by atoms with Crippen molar-refractivity contribution in [2.45, 2.75) is 32.9 Å². The molecule has 0 atom stereocenters. The average Bonchev–Trinajstić information content (AvgIpc) is 2.93. The van der Waals surface area contributed by atoms with Crippen LogP contribution in [0.5, 0.6) is 11.5 Å². The van der Waals surface area contributed by atoms with E-state index in [0.29, 0.717) is 31.1 Å². The third-order valence-corrected chi connectivity index (χ3v) is 6.67. The number of carbonyl (C=O) groups excluding carboxylic acids is 2. The molecule has 0 saturated carbocycles. The third kappa shape index (κ3) is 7.32. The van der Waals surface area contributed by atoms with E-state index in [9.17, 15) is 9.59 Å². The molecule has 2 aromatic carbocycles. The normalized spacial score (nSPS) is 15.1. The molecule has 0 N–H and O–H groups in total. The molecule has 8 heteroatoms. The van der Waals surface area contributed by atoms with Gasteiger partial charge in [0.25, 0.3) is 5.91 Å². The van der Waals surface area contributed by atoms with Crippen LogP contribution in [0.2, 0.25) is 0 Å². The average molecular weight is 517 g/mol. The number of hydrogen-bond acceptors (Lipinski definition) is 6. The van der Waals surface area contributed by atoms with Gasteiger partial charge in [-0.05, 0) is 48.7 Å². The van der Waals surface area contributed by atoms with Crippen LogP contribution in [-0.2, 0) is 22.7 Å². The molecule has 200 valence electrons. The summed E-state index contributed by atoms with van der Waals surface area (Å²) in [6.45, 7) is 5.44. The van der Waals surface area contributed by atoms with E-state index in [1.54, 1.807) is 26.2 Å². The number of nitrogens with zero attached hydrogens (tertiary/aromatic N) is 4. The van der Waals surface area contributed by atoms with Crippen LogP contribution in [0.1, 0.15) is 31.0 Å². The molecule has 2 amide bonds. The molecule has 0 unspecified atom stereocenters. The number of rotatable bonds is 6. The fourth-order valence-corrected chi connectivity index (χ4v) is 4.75. The maximum atomic E-state index is 13.4. The van der Waals surface area contributed by atoms with Gasteiger partial charge in [-0.3, -0.25) is 19.5 Å². The van der Waals surface area contributed by atoms with Crippen LogP contribution in [0.25, 0.3) is 0 Å². The van der Waals surface area contributed by atoms with Crippen molar-refractivity contribution in [3.8, 4) is 11.5 Å². The maximum absolute atomic E-state index is 13.4. The molecule has 0 spiro atoms. The number of pyridine rings is 1. The lowest BCUT2D eigenvalue weighted by Crippen LogP contribution is -2.39. The minimum Gasteiger partial charge on any atom is -0.493 e. The number of ether oxygens (including phenoxy) is 2. The molecular formula is C30H36N4O4. The monoisotopic (exact) mass is 516 g/mol. The van der Waals surface area contributed by atoms with Gasteiger partial charge in [-0.25, -0.2) is 0 Å². The molecule has 0 aliphatic carbocycles. The second kappa shape index (κ2) is 13.6. The van der Waals surface area contributed by atoms with Gasteiger partial charge in [0, 0.05) is 58.1 Å². The van der Waals surface area contributed by atoms with Crippen LogP contribution in [-0.4, -0.2) is 66.5 Å². The number of benzene rings is 2. The highest BCUT2D eigenvalue weighted by Gasteiger charge is 2.22.